The van der Waals surface area contributed by atoms with Crippen LogP contribution in [0.4, 0.5) is 23.2 Å². The lowest BCUT2D eigenvalue weighted by atomic mass is 9.88. The zero-order valence-electron chi connectivity index (χ0n) is 15.7. The van der Waals surface area contributed by atoms with Crippen LogP contribution < -0.4 is 9.64 Å². The first kappa shape index (κ1) is 20.1. The van der Waals surface area contributed by atoms with E-state index in [1.165, 1.54) is 18.3 Å². The highest BCUT2D eigenvalue weighted by Crippen LogP contribution is 2.43. The predicted molar refractivity (Wildman–Crippen MR) is 99.6 cm³/mol. The van der Waals surface area contributed by atoms with E-state index in [0.29, 0.717) is 11.2 Å². The number of aromatic nitrogens is 2. The van der Waals surface area contributed by atoms with Crippen LogP contribution in [0.3, 0.4) is 0 Å². The van der Waals surface area contributed by atoms with Crippen molar-refractivity contribution in [2.45, 2.75) is 25.0 Å². The summed E-state index contributed by atoms with van der Waals surface area (Å²) < 4.78 is 64.3. The molecule has 0 unspecified atom stereocenters. The fourth-order valence-corrected chi connectivity index (χ4v) is 3.52. The number of anilines is 1. The zero-order chi connectivity index (χ0) is 21.4. The number of halogens is 4. The summed E-state index contributed by atoms with van der Waals surface area (Å²) in [5.74, 6) is -2.59. The lowest BCUT2D eigenvalue weighted by Gasteiger charge is -2.46. The third-order valence-corrected chi connectivity index (χ3v) is 4.94. The molecule has 1 fully saturated rings. The number of hydrogen-bond acceptors (Lipinski definition) is 4. The number of rotatable bonds is 7. The fourth-order valence-electron chi connectivity index (χ4n) is 3.52. The number of H-pyrrole nitrogens is 1. The second kappa shape index (κ2) is 7.94. The summed E-state index contributed by atoms with van der Waals surface area (Å²) in [5, 5.41) is 0. The van der Waals surface area contributed by atoms with E-state index in [4.69, 9.17) is 9.47 Å². The van der Waals surface area contributed by atoms with E-state index in [-0.39, 0.29) is 17.9 Å². The Kier molecular flexibility index (Phi) is 5.33. The number of alkyl halides is 2. The number of carbonyl (C=O) groups is 1. The van der Waals surface area contributed by atoms with Gasteiger partial charge in [0.1, 0.15) is 23.4 Å². The Bertz CT molecular complexity index is 1070. The summed E-state index contributed by atoms with van der Waals surface area (Å²) >= 11 is 0. The topological polar surface area (TPSA) is 67.5 Å². The van der Waals surface area contributed by atoms with E-state index in [9.17, 15) is 22.4 Å². The van der Waals surface area contributed by atoms with E-state index in [0.717, 1.165) is 17.6 Å². The van der Waals surface area contributed by atoms with Gasteiger partial charge in [-0.25, -0.2) is 22.5 Å². The van der Waals surface area contributed by atoms with Gasteiger partial charge >= 0.3 is 0 Å². The molecule has 1 aliphatic heterocycles. The van der Waals surface area contributed by atoms with Gasteiger partial charge in [-0.2, -0.15) is 0 Å². The van der Waals surface area contributed by atoms with E-state index < -0.39 is 42.5 Å². The number of amides is 1. The number of β-lactam (4-membered cyclic amide) rings is 1. The molecule has 0 aliphatic carbocycles. The molecule has 30 heavy (non-hydrogen) atoms. The molecule has 1 aromatic heterocycles. The Labute approximate surface area is 168 Å². The highest BCUT2D eigenvalue weighted by atomic mass is 19.3. The van der Waals surface area contributed by atoms with Crippen molar-refractivity contribution < 1.29 is 31.8 Å². The van der Waals surface area contributed by atoms with Crippen molar-refractivity contribution in [2.24, 2.45) is 0 Å². The van der Waals surface area contributed by atoms with Gasteiger partial charge < -0.3 is 14.5 Å². The van der Waals surface area contributed by atoms with Gasteiger partial charge in [-0.1, -0.05) is 0 Å². The molecule has 3 aromatic rings. The van der Waals surface area contributed by atoms with Gasteiger partial charge in [0.05, 0.1) is 24.0 Å². The molecular formula is C20H17F4N3O3. The number of aromatic amines is 1. The van der Waals surface area contributed by atoms with E-state index in [1.807, 2.05) is 0 Å². The Morgan fingerprint density at radius 1 is 1.20 bits per heavy atom. The molecule has 0 spiro atoms. The number of fused-ring (bicyclic) bond motifs is 1. The monoisotopic (exact) mass is 423 g/mol. The van der Waals surface area contributed by atoms with Gasteiger partial charge in [0, 0.05) is 36.9 Å². The molecule has 0 saturated carbocycles. The molecule has 0 radical (unpaired) electrons. The number of ether oxygens (including phenoxy) is 2. The summed E-state index contributed by atoms with van der Waals surface area (Å²) in [4.78, 5) is 20.9. The van der Waals surface area contributed by atoms with Crippen LogP contribution in [0, 0.1) is 11.6 Å². The number of benzene rings is 2. The van der Waals surface area contributed by atoms with Crippen molar-refractivity contribution >= 4 is 22.6 Å². The minimum absolute atomic E-state index is 0.210. The minimum atomic E-state index is -2.58. The quantitative estimate of drug-likeness (QED) is 0.461. The molecule has 1 amide bonds. The van der Waals surface area contributed by atoms with Crippen molar-refractivity contribution in [3.8, 4) is 5.75 Å². The number of imidazole rings is 1. The Balaban J connectivity index is 1.66. The number of methoxy groups -OCH3 is 1. The Morgan fingerprint density at radius 3 is 2.60 bits per heavy atom. The van der Waals surface area contributed by atoms with E-state index >= 15 is 0 Å². The average Bonchev–Trinajstić information content (AvgIpc) is 3.15. The first-order chi connectivity index (χ1) is 14.4. The summed E-state index contributed by atoms with van der Waals surface area (Å²) in [7, 11) is 1.28. The lowest BCUT2D eigenvalue weighted by molar-refractivity contribution is -0.139. The third kappa shape index (κ3) is 3.47. The highest BCUT2D eigenvalue weighted by Gasteiger charge is 2.51. The van der Waals surface area contributed by atoms with Gasteiger partial charge in [0.2, 0.25) is 6.43 Å². The van der Waals surface area contributed by atoms with Crippen LogP contribution in [0.2, 0.25) is 0 Å². The number of carbonyl (C=O) groups excluding carboxylic acids is 1. The first-order valence-electron chi connectivity index (χ1n) is 9.09. The molecule has 0 bridgehead atoms. The molecule has 158 valence electrons. The molecule has 1 N–H and O–H groups in total. The van der Waals surface area contributed by atoms with Gasteiger partial charge in [-0.15, -0.1) is 0 Å². The molecule has 2 heterocycles. The largest absolute Gasteiger partial charge is 0.493 e. The maximum absolute atomic E-state index is 14.8. The zero-order valence-corrected chi connectivity index (χ0v) is 15.7. The normalized spacial score (nSPS) is 18.9. The third-order valence-electron chi connectivity index (χ3n) is 4.94. The minimum Gasteiger partial charge on any atom is -0.493 e. The van der Waals surface area contributed by atoms with Crippen LogP contribution in [-0.2, 0) is 9.53 Å². The van der Waals surface area contributed by atoms with E-state index in [2.05, 4.69) is 9.97 Å². The van der Waals surface area contributed by atoms with Gasteiger partial charge in [-0.05, 0) is 18.2 Å². The van der Waals surface area contributed by atoms with Crippen molar-refractivity contribution in [3.05, 3.63) is 53.9 Å². The highest BCUT2D eigenvalue weighted by molar-refractivity contribution is 6.06. The van der Waals surface area contributed by atoms with Gasteiger partial charge in [0.25, 0.3) is 5.91 Å². The summed E-state index contributed by atoms with van der Waals surface area (Å²) in [6.07, 6.45) is -2.72. The molecule has 2 atom stereocenters. The number of nitrogens with one attached hydrogen (secondary N) is 1. The summed E-state index contributed by atoms with van der Waals surface area (Å²) in [5.41, 5.74) is 1.37. The Hall–Kier alpha value is -3.14. The summed E-state index contributed by atoms with van der Waals surface area (Å²) in [6, 6.07) is 5.74. The first-order valence-corrected chi connectivity index (χ1v) is 9.09. The molecule has 4 rings (SSSR count). The molecule has 1 aliphatic rings. The van der Waals surface area contributed by atoms with Crippen molar-refractivity contribution in [1.29, 1.82) is 0 Å². The standard InChI is InChI=1S/C20H17F4N3O3/c1-29-19-18(17-12(21)7-11(8-13(17)22)30-5-4-16(23)24)27(20(19)28)10-2-3-14-15(6-10)26-9-25-14/h2-3,6-9,16,18-19H,4-5H2,1H3,(H,25,26)/t18-,19+/m0/s1. The van der Waals surface area contributed by atoms with Crippen molar-refractivity contribution in [1.82, 2.24) is 9.97 Å². The van der Waals surface area contributed by atoms with Crippen LogP contribution in [0.1, 0.15) is 18.0 Å². The van der Waals surface area contributed by atoms with Gasteiger partial charge in [0.15, 0.2) is 6.10 Å². The van der Waals surface area contributed by atoms with Crippen LogP contribution in [0.5, 0.6) is 5.75 Å². The maximum Gasteiger partial charge on any atom is 0.259 e. The second-order valence-corrected chi connectivity index (χ2v) is 6.74. The van der Waals surface area contributed by atoms with Crippen molar-refractivity contribution in [2.75, 3.05) is 18.6 Å². The number of hydrogen-bond donors (Lipinski definition) is 1. The van der Waals surface area contributed by atoms with Crippen LogP contribution in [0.25, 0.3) is 11.0 Å². The molecule has 6 nitrogen and oxygen atoms in total. The van der Waals surface area contributed by atoms with Crippen LogP contribution >= 0.6 is 0 Å². The smallest absolute Gasteiger partial charge is 0.259 e. The fraction of sp³-hybridized carbons (Fsp3) is 0.300. The second-order valence-electron chi connectivity index (χ2n) is 6.74. The molecule has 1 saturated heterocycles. The maximum atomic E-state index is 14.8. The van der Waals surface area contributed by atoms with Crippen LogP contribution in [0.15, 0.2) is 36.7 Å². The van der Waals surface area contributed by atoms with Crippen molar-refractivity contribution in [3.63, 3.8) is 0 Å². The van der Waals surface area contributed by atoms with Crippen LogP contribution in [-0.4, -0.2) is 42.1 Å². The molecule has 2 aromatic carbocycles. The SMILES string of the molecule is CO[C@H]1C(=O)N(c2ccc3[nH]cnc3c2)[C@H]1c1c(F)cc(OCCC(F)F)cc1F. The molecular weight excluding hydrogens is 406 g/mol. The predicted octanol–water partition coefficient (Wildman–Crippen LogP) is 3.98. The van der Waals surface area contributed by atoms with Gasteiger partial charge in [-0.3, -0.25) is 9.69 Å². The lowest BCUT2D eigenvalue weighted by Crippen LogP contribution is -2.60. The Morgan fingerprint density at radius 2 is 1.93 bits per heavy atom. The van der Waals surface area contributed by atoms with E-state index in [1.54, 1.807) is 18.2 Å². The summed E-state index contributed by atoms with van der Waals surface area (Å²) in [6.45, 7) is -0.381. The average molecular weight is 423 g/mol. The molecule has 10 heteroatoms. The number of nitrogens with zero attached hydrogens (tertiary/aromatic N) is 2.